The Morgan fingerprint density at radius 1 is 1.54 bits per heavy atom. The number of aromatic nitrogens is 2. The average Bonchev–Trinajstić information content (AvgIpc) is 2.55. The number of nitrogens with one attached hydrogen (secondary N) is 2. The predicted octanol–water partition coefficient (Wildman–Crippen LogP) is 1.13. The number of aromatic amines is 1. The maximum atomic E-state index is 4.22. The summed E-state index contributed by atoms with van der Waals surface area (Å²) in [7, 11) is 4.04. The molecule has 0 atom stereocenters. The van der Waals surface area contributed by atoms with E-state index in [9.17, 15) is 0 Å². The minimum Gasteiger partial charge on any atom is -0.371 e. The Kier molecular flexibility index (Phi) is 1.63. The van der Waals surface area contributed by atoms with Gasteiger partial charge in [0.15, 0.2) is 5.82 Å². The summed E-state index contributed by atoms with van der Waals surface area (Å²) in [5, 5.41) is 10.4. The van der Waals surface area contributed by atoms with Gasteiger partial charge in [-0.3, -0.25) is 10.00 Å². The highest BCUT2D eigenvalue weighted by Gasteiger charge is 2.38. The monoisotopic (exact) mass is 180 g/mol. The van der Waals surface area contributed by atoms with Crippen molar-refractivity contribution in [1.29, 1.82) is 0 Å². The molecule has 0 amide bonds. The third-order valence-electron chi connectivity index (χ3n) is 3.07. The molecule has 0 saturated carbocycles. The Labute approximate surface area is 78.3 Å². The second kappa shape index (κ2) is 2.48. The van der Waals surface area contributed by atoms with Crippen LogP contribution in [0.1, 0.15) is 25.1 Å². The van der Waals surface area contributed by atoms with E-state index in [1.165, 1.54) is 11.3 Å². The topological polar surface area (TPSA) is 44.0 Å². The summed E-state index contributed by atoms with van der Waals surface area (Å²) in [4.78, 5) is 2.32. The molecule has 4 heteroatoms. The minimum absolute atomic E-state index is 0.0808. The third kappa shape index (κ3) is 0.983. The Balaban J connectivity index is 2.50. The van der Waals surface area contributed by atoms with Crippen molar-refractivity contribution < 1.29 is 0 Å². The highest BCUT2D eigenvalue weighted by atomic mass is 15.3. The second-order valence-electron chi connectivity index (χ2n) is 4.09. The molecule has 0 saturated heterocycles. The number of anilines is 1. The van der Waals surface area contributed by atoms with Crippen LogP contribution >= 0.6 is 0 Å². The summed E-state index contributed by atoms with van der Waals surface area (Å²) in [5.41, 5.74) is 2.62. The van der Waals surface area contributed by atoms with Crippen molar-refractivity contribution in [3.63, 3.8) is 0 Å². The summed E-state index contributed by atoms with van der Waals surface area (Å²) in [6, 6.07) is 0. The smallest absolute Gasteiger partial charge is 0.152 e. The number of rotatable bonds is 1. The molecule has 4 nitrogen and oxygen atoms in total. The summed E-state index contributed by atoms with van der Waals surface area (Å²) in [6.45, 7) is 5.38. The van der Waals surface area contributed by atoms with Gasteiger partial charge in [-0.25, -0.2) is 0 Å². The van der Waals surface area contributed by atoms with E-state index in [2.05, 4.69) is 41.3 Å². The molecule has 0 aliphatic carbocycles. The predicted molar refractivity (Wildman–Crippen MR) is 52.6 cm³/mol. The van der Waals surface area contributed by atoms with Crippen LogP contribution < -0.4 is 5.32 Å². The van der Waals surface area contributed by atoms with Crippen molar-refractivity contribution in [3.8, 4) is 0 Å². The van der Waals surface area contributed by atoms with E-state index in [-0.39, 0.29) is 5.54 Å². The first kappa shape index (κ1) is 8.56. The van der Waals surface area contributed by atoms with Crippen LogP contribution in [0.5, 0.6) is 0 Å². The molecular weight excluding hydrogens is 164 g/mol. The van der Waals surface area contributed by atoms with Gasteiger partial charge in [0, 0.05) is 19.2 Å². The molecule has 1 aliphatic rings. The van der Waals surface area contributed by atoms with Crippen LogP contribution in [0.2, 0.25) is 0 Å². The van der Waals surface area contributed by atoms with Crippen LogP contribution in [-0.2, 0) is 12.1 Å². The fourth-order valence-electron chi connectivity index (χ4n) is 1.86. The third-order valence-corrected chi connectivity index (χ3v) is 3.07. The molecule has 13 heavy (non-hydrogen) atoms. The van der Waals surface area contributed by atoms with Gasteiger partial charge in [0.1, 0.15) is 0 Å². The number of fused-ring (bicyclic) bond motifs is 1. The Hall–Kier alpha value is -1.03. The summed E-state index contributed by atoms with van der Waals surface area (Å²) in [6.07, 6.45) is 0. The quantitative estimate of drug-likeness (QED) is 0.681. The minimum atomic E-state index is 0.0808. The van der Waals surface area contributed by atoms with Gasteiger partial charge in [-0.05, 0) is 20.9 Å². The van der Waals surface area contributed by atoms with E-state index in [1.807, 2.05) is 7.05 Å². The molecular formula is C9H16N4. The lowest BCUT2D eigenvalue weighted by Crippen LogP contribution is -2.32. The van der Waals surface area contributed by atoms with Crippen LogP contribution in [0, 0.1) is 0 Å². The van der Waals surface area contributed by atoms with E-state index in [0.717, 1.165) is 12.4 Å². The van der Waals surface area contributed by atoms with Crippen LogP contribution in [0.25, 0.3) is 0 Å². The van der Waals surface area contributed by atoms with Crippen molar-refractivity contribution in [1.82, 2.24) is 15.1 Å². The van der Waals surface area contributed by atoms with Crippen molar-refractivity contribution >= 4 is 5.82 Å². The van der Waals surface area contributed by atoms with Gasteiger partial charge in [0.25, 0.3) is 0 Å². The number of H-pyrrole nitrogens is 1. The largest absolute Gasteiger partial charge is 0.371 e. The van der Waals surface area contributed by atoms with Crippen LogP contribution in [-0.4, -0.2) is 29.2 Å². The molecule has 72 valence electrons. The lowest BCUT2D eigenvalue weighted by Gasteiger charge is -2.27. The zero-order chi connectivity index (χ0) is 9.64. The molecule has 0 bridgehead atoms. The van der Waals surface area contributed by atoms with Gasteiger partial charge in [0.2, 0.25) is 0 Å². The average molecular weight is 180 g/mol. The van der Waals surface area contributed by atoms with Gasteiger partial charge >= 0.3 is 0 Å². The van der Waals surface area contributed by atoms with Crippen molar-refractivity contribution in [2.75, 3.05) is 19.4 Å². The lowest BCUT2D eigenvalue weighted by atomic mass is 10.0. The first-order chi connectivity index (χ1) is 6.07. The zero-order valence-corrected chi connectivity index (χ0v) is 8.60. The van der Waals surface area contributed by atoms with Gasteiger partial charge in [-0.1, -0.05) is 0 Å². The molecule has 0 fully saturated rings. The highest BCUT2D eigenvalue weighted by Crippen LogP contribution is 2.38. The molecule has 0 aromatic carbocycles. The van der Waals surface area contributed by atoms with E-state index < -0.39 is 0 Å². The van der Waals surface area contributed by atoms with Crippen molar-refractivity contribution in [2.24, 2.45) is 0 Å². The van der Waals surface area contributed by atoms with Crippen molar-refractivity contribution in [3.05, 3.63) is 11.3 Å². The van der Waals surface area contributed by atoms with E-state index in [4.69, 9.17) is 0 Å². The number of nitrogens with zero attached hydrogens (tertiary/aromatic N) is 2. The first-order valence-electron chi connectivity index (χ1n) is 4.54. The maximum Gasteiger partial charge on any atom is 0.152 e. The van der Waals surface area contributed by atoms with E-state index in [1.54, 1.807) is 0 Å². The Bertz CT molecular complexity index is 326. The van der Waals surface area contributed by atoms with Gasteiger partial charge in [0.05, 0.1) is 11.2 Å². The molecule has 0 radical (unpaired) electrons. The summed E-state index contributed by atoms with van der Waals surface area (Å²) in [5.74, 6) is 0.979. The fraction of sp³-hybridized carbons (Fsp3) is 0.667. The lowest BCUT2D eigenvalue weighted by molar-refractivity contribution is 0.173. The molecule has 2 N–H and O–H groups in total. The molecule has 0 unspecified atom stereocenters. The van der Waals surface area contributed by atoms with Gasteiger partial charge < -0.3 is 5.32 Å². The standard InChI is InChI=1S/C9H16N4/c1-9(2)7-6(5-13(9)4)8(10-3)12-11-7/h5H2,1-4H3,(H2,10,11,12). The molecule has 1 aliphatic heterocycles. The number of hydrogen-bond acceptors (Lipinski definition) is 3. The Morgan fingerprint density at radius 2 is 2.23 bits per heavy atom. The highest BCUT2D eigenvalue weighted by molar-refractivity contribution is 5.50. The fourth-order valence-corrected chi connectivity index (χ4v) is 1.86. The molecule has 1 aromatic rings. The maximum absolute atomic E-state index is 4.22. The molecule has 2 rings (SSSR count). The normalized spacial score (nSPS) is 20.3. The molecule has 1 aromatic heterocycles. The van der Waals surface area contributed by atoms with E-state index in [0.29, 0.717) is 0 Å². The molecule has 0 spiro atoms. The SMILES string of the molecule is CNc1n[nH]c2c1CN(C)C2(C)C. The first-order valence-corrected chi connectivity index (χ1v) is 4.54. The molecule has 2 heterocycles. The summed E-state index contributed by atoms with van der Waals surface area (Å²) < 4.78 is 0. The Morgan fingerprint density at radius 3 is 2.85 bits per heavy atom. The van der Waals surface area contributed by atoms with Gasteiger partial charge in [-0.2, -0.15) is 5.10 Å². The van der Waals surface area contributed by atoms with Gasteiger partial charge in [-0.15, -0.1) is 0 Å². The van der Waals surface area contributed by atoms with Crippen LogP contribution in [0.4, 0.5) is 5.82 Å². The van der Waals surface area contributed by atoms with Crippen LogP contribution in [0.3, 0.4) is 0 Å². The van der Waals surface area contributed by atoms with Crippen molar-refractivity contribution in [2.45, 2.75) is 25.9 Å². The number of hydrogen-bond donors (Lipinski definition) is 2. The van der Waals surface area contributed by atoms with Crippen LogP contribution in [0.15, 0.2) is 0 Å². The summed E-state index contributed by atoms with van der Waals surface area (Å²) >= 11 is 0. The van der Waals surface area contributed by atoms with E-state index >= 15 is 0 Å². The second-order valence-corrected chi connectivity index (χ2v) is 4.09. The zero-order valence-electron chi connectivity index (χ0n) is 8.60.